The summed E-state index contributed by atoms with van der Waals surface area (Å²) in [7, 11) is 0. The number of carboxylic acids is 1. The van der Waals surface area contributed by atoms with Crippen LogP contribution >= 0.6 is 15.9 Å². The van der Waals surface area contributed by atoms with Gasteiger partial charge in [0.05, 0.1) is 6.42 Å². The van der Waals surface area contributed by atoms with Gasteiger partial charge in [-0.1, -0.05) is 15.9 Å². The van der Waals surface area contributed by atoms with Gasteiger partial charge in [-0.15, -0.1) is 0 Å². The molecular weight excluding hydrogens is 293 g/mol. The van der Waals surface area contributed by atoms with E-state index in [4.69, 9.17) is 5.11 Å². The van der Waals surface area contributed by atoms with Crippen molar-refractivity contribution in [2.75, 3.05) is 0 Å². The van der Waals surface area contributed by atoms with E-state index in [1.54, 1.807) is 6.92 Å². The molecule has 0 saturated carbocycles. The van der Waals surface area contributed by atoms with Crippen molar-refractivity contribution in [2.24, 2.45) is 0 Å². The molecule has 2 N–H and O–H groups in total. The quantitative estimate of drug-likeness (QED) is 0.896. The standard InChI is InChI=1S/C11H11BrFNO3/c1-6(2-10(15)16)14-11(17)7-3-8(12)5-9(13)4-7/h3-6H,2H2,1H3,(H,14,17)(H,15,16). The molecule has 1 amide bonds. The van der Waals surface area contributed by atoms with Crippen LogP contribution in [0.25, 0.3) is 0 Å². The molecule has 0 fully saturated rings. The number of hydrogen-bond acceptors (Lipinski definition) is 2. The van der Waals surface area contributed by atoms with Gasteiger partial charge in [-0.05, 0) is 25.1 Å². The molecule has 1 atom stereocenters. The van der Waals surface area contributed by atoms with E-state index in [2.05, 4.69) is 21.2 Å². The van der Waals surface area contributed by atoms with Crippen LogP contribution in [-0.4, -0.2) is 23.0 Å². The van der Waals surface area contributed by atoms with Crippen molar-refractivity contribution in [2.45, 2.75) is 19.4 Å². The summed E-state index contributed by atoms with van der Waals surface area (Å²) in [5.41, 5.74) is 0.147. The molecule has 1 unspecified atom stereocenters. The van der Waals surface area contributed by atoms with Crippen molar-refractivity contribution in [1.82, 2.24) is 5.32 Å². The lowest BCUT2D eigenvalue weighted by Gasteiger charge is -2.11. The molecule has 6 heteroatoms. The predicted octanol–water partition coefficient (Wildman–Crippen LogP) is 2.18. The van der Waals surface area contributed by atoms with Crippen LogP contribution in [0, 0.1) is 5.82 Å². The zero-order valence-corrected chi connectivity index (χ0v) is 10.6. The molecule has 1 aromatic carbocycles. The third kappa shape index (κ3) is 4.52. The summed E-state index contributed by atoms with van der Waals surface area (Å²) in [4.78, 5) is 22.1. The van der Waals surface area contributed by atoms with Crippen LogP contribution in [0.4, 0.5) is 4.39 Å². The first-order valence-corrected chi connectivity index (χ1v) is 5.66. The van der Waals surface area contributed by atoms with Crippen LogP contribution < -0.4 is 5.32 Å². The maximum absolute atomic E-state index is 13.0. The van der Waals surface area contributed by atoms with Crippen molar-refractivity contribution < 1.29 is 19.1 Å². The lowest BCUT2D eigenvalue weighted by Crippen LogP contribution is -2.34. The number of benzene rings is 1. The maximum Gasteiger partial charge on any atom is 0.305 e. The molecular formula is C11H11BrFNO3. The lowest BCUT2D eigenvalue weighted by atomic mass is 10.1. The fraction of sp³-hybridized carbons (Fsp3) is 0.273. The topological polar surface area (TPSA) is 66.4 Å². The molecule has 0 heterocycles. The molecule has 0 saturated heterocycles. The Morgan fingerprint density at radius 1 is 1.47 bits per heavy atom. The SMILES string of the molecule is CC(CC(=O)O)NC(=O)c1cc(F)cc(Br)c1. The van der Waals surface area contributed by atoms with Gasteiger partial charge in [0.15, 0.2) is 0 Å². The Morgan fingerprint density at radius 3 is 2.65 bits per heavy atom. The van der Waals surface area contributed by atoms with Gasteiger partial charge in [-0.2, -0.15) is 0 Å². The third-order valence-corrected chi connectivity index (χ3v) is 2.44. The second-order valence-corrected chi connectivity index (χ2v) is 4.55. The maximum atomic E-state index is 13.0. The van der Waals surface area contributed by atoms with Gasteiger partial charge in [0.2, 0.25) is 0 Å². The molecule has 4 nitrogen and oxygen atoms in total. The zero-order valence-electron chi connectivity index (χ0n) is 9.04. The van der Waals surface area contributed by atoms with Crippen molar-refractivity contribution in [1.29, 1.82) is 0 Å². The number of rotatable bonds is 4. The molecule has 0 radical (unpaired) electrons. The average molecular weight is 304 g/mol. The lowest BCUT2D eigenvalue weighted by molar-refractivity contribution is -0.137. The number of aliphatic carboxylic acids is 1. The fourth-order valence-corrected chi connectivity index (χ4v) is 1.77. The molecule has 0 aromatic heterocycles. The Hall–Kier alpha value is -1.43. The van der Waals surface area contributed by atoms with E-state index in [0.717, 1.165) is 6.07 Å². The molecule has 0 bridgehead atoms. The first kappa shape index (κ1) is 13.6. The Kier molecular flexibility index (Phi) is 4.62. The smallest absolute Gasteiger partial charge is 0.305 e. The highest BCUT2D eigenvalue weighted by atomic mass is 79.9. The van der Waals surface area contributed by atoms with Crippen LogP contribution in [0.2, 0.25) is 0 Å². The molecule has 1 aromatic rings. The minimum absolute atomic E-state index is 0.147. The summed E-state index contributed by atoms with van der Waals surface area (Å²) in [5, 5.41) is 11.0. The number of carbonyl (C=O) groups excluding carboxylic acids is 1. The van der Waals surface area contributed by atoms with Crippen LogP contribution in [0.1, 0.15) is 23.7 Å². The summed E-state index contributed by atoms with van der Waals surface area (Å²) < 4.78 is 13.5. The van der Waals surface area contributed by atoms with E-state index >= 15 is 0 Å². The van der Waals surface area contributed by atoms with Gasteiger partial charge in [-0.25, -0.2) is 4.39 Å². The Bertz CT molecular complexity index is 430. The molecule has 1 rings (SSSR count). The fourth-order valence-electron chi connectivity index (χ4n) is 1.31. The van der Waals surface area contributed by atoms with E-state index in [-0.39, 0.29) is 12.0 Å². The summed E-state index contributed by atoms with van der Waals surface area (Å²) in [5.74, 6) is -2.03. The number of carboxylic acid groups (broad SMARTS) is 1. The number of hydrogen-bond donors (Lipinski definition) is 2. The van der Waals surface area contributed by atoms with Gasteiger partial charge in [-0.3, -0.25) is 9.59 Å². The highest BCUT2D eigenvalue weighted by Gasteiger charge is 2.13. The van der Waals surface area contributed by atoms with Crippen LogP contribution in [0.15, 0.2) is 22.7 Å². The average Bonchev–Trinajstić information content (AvgIpc) is 2.14. The van der Waals surface area contributed by atoms with Crippen molar-refractivity contribution in [3.05, 3.63) is 34.1 Å². The van der Waals surface area contributed by atoms with Crippen LogP contribution in [-0.2, 0) is 4.79 Å². The molecule has 92 valence electrons. The normalized spacial score (nSPS) is 11.9. The van der Waals surface area contributed by atoms with Gasteiger partial charge < -0.3 is 10.4 Å². The molecule has 0 spiro atoms. The first-order chi connectivity index (χ1) is 7.88. The monoisotopic (exact) mass is 303 g/mol. The van der Waals surface area contributed by atoms with Gasteiger partial charge in [0, 0.05) is 16.1 Å². The highest BCUT2D eigenvalue weighted by Crippen LogP contribution is 2.15. The van der Waals surface area contributed by atoms with Crippen molar-refractivity contribution in [3.8, 4) is 0 Å². The largest absolute Gasteiger partial charge is 0.481 e. The highest BCUT2D eigenvalue weighted by molar-refractivity contribution is 9.10. The van der Waals surface area contributed by atoms with Crippen molar-refractivity contribution in [3.63, 3.8) is 0 Å². The van der Waals surface area contributed by atoms with E-state index in [9.17, 15) is 14.0 Å². The number of halogens is 2. The van der Waals surface area contributed by atoms with Gasteiger partial charge >= 0.3 is 5.97 Å². The van der Waals surface area contributed by atoms with E-state index in [1.807, 2.05) is 0 Å². The minimum atomic E-state index is -1.00. The minimum Gasteiger partial charge on any atom is -0.481 e. The van der Waals surface area contributed by atoms with Gasteiger partial charge in [0.1, 0.15) is 5.82 Å². The third-order valence-electron chi connectivity index (χ3n) is 1.98. The van der Waals surface area contributed by atoms with E-state index in [0.29, 0.717) is 4.47 Å². The van der Waals surface area contributed by atoms with Crippen LogP contribution in [0.3, 0.4) is 0 Å². The summed E-state index contributed by atoms with van der Waals surface area (Å²) in [6, 6.07) is 3.28. The summed E-state index contributed by atoms with van der Waals surface area (Å²) in [6.45, 7) is 1.57. The molecule has 0 aliphatic heterocycles. The number of amides is 1. The number of nitrogens with one attached hydrogen (secondary N) is 1. The first-order valence-electron chi connectivity index (χ1n) is 4.87. The van der Waals surface area contributed by atoms with Gasteiger partial charge in [0.25, 0.3) is 5.91 Å². The Morgan fingerprint density at radius 2 is 2.12 bits per heavy atom. The van der Waals surface area contributed by atoms with Crippen molar-refractivity contribution >= 4 is 27.8 Å². The Balaban J connectivity index is 2.72. The Labute approximate surface area is 106 Å². The van der Waals surface area contributed by atoms with E-state index < -0.39 is 23.7 Å². The van der Waals surface area contributed by atoms with Crippen LogP contribution in [0.5, 0.6) is 0 Å². The zero-order chi connectivity index (χ0) is 13.0. The molecule has 0 aliphatic carbocycles. The number of carbonyl (C=O) groups is 2. The predicted molar refractivity (Wildman–Crippen MR) is 63.3 cm³/mol. The van der Waals surface area contributed by atoms with E-state index in [1.165, 1.54) is 12.1 Å². The summed E-state index contributed by atoms with van der Waals surface area (Å²) >= 11 is 3.07. The molecule has 0 aliphatic rings. The second kappa shape index (κ2) is 5.77. The summed E-state index contributed by atoms with van der Waals surface area (Å²) in [6.07, 6.45) is -0.178. The second-order valence-electron chi connectivity index (χ2n) is 3.63. The molecule has 17 heavy (non-hydrogen) atoms.